The van der Waals surface area contributed by atoms with E-state index in [1.807, 2.05) is 47.8 Å². The molecule has 21 heavy (non-hydrogen) atoms. The normalized spacial score (nSPS) is 10.8. The molecule has 3 rings (SSSR count). The molecular formula is C16H10Br2O2S. The number of carbonyl (C=O) groups is 1. The summed E-state index contributed by atoms with van der Waals surface area (Å²) in [6.07, 6.45) is 0. The zero-order chi connectivity index (χ0) is 14.8. The minimum absolute atomic E-state index is 0.0206. The minimum atomic E-state index is -0.0206. The second kappa shape index (κ2) is 6.30. The van der Waals surface area contributed by atoms with Crippen molar-refractivity contribution in [2.75, 3.05) is 6.61 Å². The van der Waals surface area contributed by atoms with Crippen molar-refractivity contribution in [1.82, 2.24) is 0 Å². The molecule has 1 aromatic heterocycles. The van der Waals surface area contributed by atoms with Gasteiger partial charge in [0.1, 0.15) is 5.75 Å². The molecular weight excluding hydrogens is 416 g/mol. The smallest absolute Gasteiger partial charge is 0.211 e. The van der Waals surface area contributed by atoms with Crippen molar-refractivity contribution in [1.29, 1.82) is 0 Å². The van der Waals surface area contributed by atoms with Gasteiger partial charge in [-0.3, -0.25) is 4.79 Å². The van der Waals surface area contributed by atoms with Gasteiger partial charge < -0.3 is 4.74 Å². The number of ketones is 1. The standard InChI is InChI=1S/C16H10Br2O2S/c17-12-3-1-11-8-13(4-2-10(11)7-12)20-9-15(19)16-14(18)5-6-21-16/h1-8H,9H2. The molecule has 5 heteroatoms. The Morgan fingerprint density at radius 2 is 1.81 bits per heavy atom. The molecule has 0 bridgehead atoms. The van der Waals surface area contributed by atoms with E-state index >= 15 is 0 Å². The van der Waals surface area contributed by atoms with Crippen molar-refractivity contribution >= 4 is 59.8 Å². The Balaban J connectivity index is 1.75. The van der Waals surface area contributed by atoms with Gasteiger partial charge in [0, 0.05) is 8.95 Å². The summed E-state index contributed by atoms with van der Waals surface area (Å²) in [7, 11) is 0. The van der Waals surface area contributed by atoms with Crippen LogP contribution in [-0.2, 0) is 0 Å². The summed E-state index contributed by atoms with van der Waals surface area (Å²) in [6.45, 7) is 0.0428. The Labute approximate surface area is 143 Å². The number of ether oxygens (including phenoxy) is 1. The van der Waals surface area contributed by atoms with Crippen molar-refractivity contribution in [3.05, 3.63) is 61.7 Å². The van der Waals surface area contributed by atoms with E-state index in [2.05, 4.69) is 31.9 Å². The minimum Gasteiger partial charge on any atom is -0.485 e. The highest BCUT2D eigenvalue weighted by molar-refractivity contribution is 9.10. The van der Waals surface area contributed by atoms with Crippen LogP contribution in [0.5, 0.6) is 5.75 Å². The number of Topliss-reactive ketones (excluding diaryl/α,β-unsaturated/α-hetero) is 1. The Hall–Kier alpha value is -1.17. The van der Waals surface area contributed by atoms with E-state index in [9.17, 15) is 4.79 Å². The highest BCUT2D eigenvalue weighted by Crippen LogP contribution is 2.26. The van der Waals surface area contributed by atoms with Crippen molar-refractivity contribution < 1.29 is 9.53 Å². The first-order valence-corrected chi connectivity index (χ1v) is 8.68. The van der Waals surface area contributed by atoms with Crippen LogP contribution in [0.2, 0.25) is 0 Å². The maximum Gasteiger partial charge on any atom is 0.211 e. The van der Waals surface area contributed by atoms with Gasteiger partial charge in [-0.25, -0.2) is 0 Å². The largest absolute Gasteiger partial charge is 0.485 e. The van der Waals surface area contributed by atoms with Gasteiger partial charge in [-0.1, -0.05) is 28.1 Å². The highest BCUT2D eigenvalue weighted by atomic mass is 79.9. The van der Waals surface area contributed by atoms with E-state index in [-0.39, 0.29) is 12.4 Å². The molecule has 0 unspecified atom stereocenters. The van der Waals surface area contributed by atoms with Crippen molar-refractivity contribution in [3.8, 4) is 5.75 Å². The van der Waals surface area contributed by atoms with Gasteiger partial charge in [0.25, 0.3) is 0 Å². The molecule has 1 heterocycles. The van der Waals surface area contributed by atoms with E-state index < -0.39 is 0 Å². The lowest BCUT2D eigenvalue weighted by Gasteiger charge is -2.06. The van der Waals surface area contributed by atoms with Crippen LogP contribution >= 0.6 is 43.2 Å². The molecule has 3 aromatic rings. The number of carbonyl (C=O) groups excluding carboxylic acids is 1. The van der Waals surface area contributed by atoms with Crippen LogP contribution in [0.25, 0.3) is 10.8 Å². The first kappa shape index (κ1) is 14.8. The molecule has 0 aliphatic carbocycles. The molecule has 2 nitrogen and oxygen atoms in total. The maximum atomic E-state index is 12.1. The molecule has 0 spiro atoms. The summed E-state index contributed by atoms with van der Waals surface area (Å²) in [5.74, 6) is 0.679. The van der Waals surface area contributed by atoms with Crippen LogP contribution in [0.1, 0.15) is 9.67 Å². The summed E-state index contributed by atoms with van der Waals surface area (Å²) < 4.78 is 7.48. The number of fused-ring (bicyclic) bond motifs is 1. The fourth-order valence-electron chi connectivity index (χ4n) is 1.99. The molecule has 0 atom stereocenters. The Bertz CT molecular complexity index is 811. The van der Waals surface area contributed by atoms with Gasteiger partial charge in [0.05, 0.1) is 4.88 Å². The number of rotatable bonds is 4. The van der Waals surface area contributed by atoms with Crippen LogP contribution < -0.4 is 4.74 Å². The number of hydrogen-bond donors (Lipinski definition) is 0. The Kier molecular flexibility index (Phi) is 4.42. The SMILES string of the molecule is O=C(COc1ccc2cc(Br)ccc2c1)c1sccc1Br. The number of benzene rings is 2. The van der Waals surface area contributed by atoms with Crippen molar-refractivity contribution in [2.45, 2.75) is 0 Å². The molecule has 0 fully saturated rings. The summed E-state index contributed by atoms with van der Waals surface area (Å²) in [5, 5.41) is 4.09. The van der Waals surface area contributed by atoms with E-state index in [0.717, 1.165) is 19.7 Å². The lowest BCUT2D eigenvalue weighted by molar-refractivity contribution is 0.0925. The molecule has 106 valence electrons. The Morgan fingerprint density at radius 3 is 2.57 bits per heavy atom. The van der Waals surface area contributed by atoms with Gasteiger partial charge in [-0.05, 0) is 62.4 Å². The maximum absolute atomic E-state index is 12.1. The predicted octanol–water partition coefficient (Wildman–Crippen LogP) is 5.69. The highest BCUT2D eigenvalue weighted by Gasteiger charge is 2.12. The third kappa shape index (κ3) is 3.36. The van der Waals surface area contributed by atoms with Crippen LogP contribution in [0, 0.1) is 0 Å². The van der Waals surface area contributed by atoms with Crippen LogP contribution in [-0.4, -0.2) is 12.4 Å². The second-order valence-corrected chi connectivity index (χ2v) is 7.15. The van der Waals surface area contributed by atoms with E-state index in [1.165, 1.54) is 11.3 Å². The van der Waals surface area contributed by atoms with Gasteiger partial charge in [-0.15, -0.1) is 11.3 Å². The molecule has 2 aromatic carbocycles. The van der Waals surface area contributed by atoms with E-state index in [4.69, 9.17) is 4.74 Å². The van der Waals surface area contributed by atoms with Crippen LogP contribution in [0.3, 0.4) is 0 Å². The monoisotopic (exact) mass is 424 g/mol. The average molecular weight is 426 g/mol. The molecule has 0 aliphatic rings. The number of halogens is 2. The van der Waals surface area contributed by atoms with Crippen molar-refractivity contribution in [3.63, 3.8) is 0 Å². The topological polar surface area (TPSA) is 26.3 Å². The molecule has 0 aliphatic heterocycles. The average Bonchev–Trinajstić information content (AvgIpc) is 2.91. The van der Waals surface area contributed by atoms with Crippen LogP contribution in [0.4, 0.5) is 0 Å². The van der Waals surface area contributed by atoms with Gasteiger partial charge in [-0.2, -0.15) is 0 Å². The van der Waals surface area contributed by atoms with Crippen LogP contribution in [0.15, 0.2) is 56.8 Å². The zero-order valence-electron chi connectivity index (χ0n) is 10.8. The number of hydrogen-bond acceptors (Lipinski definition) is 3. The zero-order valence-corrected chi connectivity index (χ0v) is 14.8. The van der Waals surface area contributed by atoms with Crippen molar-refractivity contribution in [2.24, 2.45) is 0 Å². The molecule has 0 saturated carbocycles. The van der Waals surface area contributed by atoms with Gasteiger partial charge >= 0.3 is 0 Å². The summed E-state index contributed by atoms with van der Waals surface area (Å²) in [5.41, 5.74) is 0. The Morgan fingerprint density at radius 1 is 1.05 bits per heavy atom. The summed E-state index contributed by atoms with van der Waals surface area (Å²) >= 11 is 8.23. The first-order chi connectivity index (χ1) is 10.1. The second-order valence-electron chi connectivity index (χ2n) is 4.46. The fraction of sp³-hybridized carbons (Fsp3) is 0.0625. The third-order valence-electron chi connectivity index (χ3n) is 3.01. The first-order valence-electron chi connectivity index (χ1n) is 6.22. The van der Waals surface area contributed by atoms with E-state index in [0.29, 0.717) is 10.6 Å². The quantitative estimate of drug-likeness (QED) is 0.502. The lowest BCUT2D eigenvalue weighted by Crippen LogP contribution is -2.10. The van der Waals surface area contributed by atoms with Gasteiger partial charge in [0.15, 0.2) is 6.61 Å². The molecule has 0 N–H and O–H groups in total. The molecule has 0 radical (unpaired) electrons. The lowest BCUT2D eigenvalue weighted by atomic mass is 10.1. The van der Waals surface area contributed by atoms with E-state index in [1.54, 1.807) is 0 Å². The predicted molar refractivity (Wildman–Crippen MR) is 93.5 cm³/mol. The fourth-order valence-corrected chi connectivity index (χ4v) is 3.89. The molecule has 0 saturated heterocycles. The van der Waals surface area contributed by atoms with Gasteiger partial charge in [0.2, 0.25) is 5.78 Å². The number of thiophene rings is 1. The third-order valence-corrected chi connectivity index (χ3v) is 5.39. The summed E-state index contributed by atoms with van der Waals surface area (Å²) in [4.78, 5) is 12.8. The molecule has 0 amide bonds. The summed E-state index contributed by atoms with van der Waals surface area (Å²) in [6, 6.07) is 13.7.